The normalized spacial score (nSPS) is 20.9. The predicted molar refractivity (Wildman–Crippen MR) is 125 cm³/mol. The van der Waals surface area contributed by atoms with E-state index in [1.54, 1.807) is 24.3 Å². The van der Waals surface area contributed by atoms with Crippen LogP contribution in [0.3, 0.4) is 0 Å². The molecule has 2 saturated heterocycles. The summed E-state index contributed by atoms with van der Waals surface area (Å²) in [4.78, 5) is 17.2. The Bertz CT molecular complexity index is 1060. The Labute approximate surface area is 185 Å². The van der Waals surface area contributed by atoms with E-state index in [1.165, 1.54) is 21.1 Å². The van der Waals surface area contributed by atoms with Gasteiger partial charge in [0.25, 0.3) is 5.91 Å². The van der Waals surface area contributed by atoms with Gasteiger partial charge in [-0.2, -0.15) is 0 Å². The third-order valence-electron chi connectivity index (χ3n) is 6.44. The molecule has 2 aliphatic heterocycles. The van der Waals surface area contributed by atoms with Crippen LogP contribution in [-0.2, 0) is 10.0 Å². The maximum Gasteiger partial charge on any atom is 0.253 e. The average Bonchev–Trinajstić information content (AvgIpc) is 3.08. The minimum absolute atomic E-state index is 0.00292. The molecule has 31 heavy (non-hydrogen) atoms. The molecule has 2 fully saturated rings. The third-order valence-corrected chi connectivity index (χ3v) is 8.30. The van der Waals surface area contributed by atoms with Gasteiger partial charge in [0.1, 0.15) is 0 Å². The molecular formula is C24H31N3O3S. The van der Waals surface area contributed by atoms with Crippen LogP contribution < -0.4 is 9.21 Å². The molecular weight excluding hydrogens is 410 g/mol. The maximum atomic E-state index is 13.0. The van der Waals surface area contributed by atoms with Crippen LogP contribution in [-0.4, -0.2) is 57.2 Å². The zero-order valence-corrected chi connectivity index (χ0v) is 19.4. The van der Waals surface area contributed by atoms with Crippen molar-refractivity contribution >= 4 is 27.3 Å². The van der Waals surface area contributed by atoms with Crippen LogP contribution in [0.1, 0.15) is 41.3 Å². The van der Waals surface area contributed by atoms with Gasteiger partial charge in [0.05, 0.1) is 11.4 Å². The lowest BCUT2D eigenvalue weighted by atomic mass is 10.1. The standard InChI is InChI=1S/C24H31N3O3S/c1-4-21-11-16-31(29,30)27(21)22-8-6-20(7-9-22)24(28)26-14-12-25(13-15-26)23-10-5-18(2)17-19(23)3/h5-10,17,21H,4,11-16H2,1-3H3/t21-/m1/s1. The number of carbonyl (C=O) groups excluding carboxylic acids is 1. The Kier molecular flexibility index (Phi) is 5.97. The highest BCUT2D eigenvalue weighted by Gasteiger charge is 2.36. The lowest BCUT2D eigenvalue weighted by Crippen LogP contribution is -2.49. The number of nitrogens with zero attached hydrogens (tertiary/aromatic N) is 3. The summed E-state index contributed by atoms with van der Waals surface area (Å²) < 4.78 is 26.4. The molecule has 0 aromatic heterocycles. The molecule has 2 aromatic carbocycles. The smallest absolute Gasteiger partial charge is 0.253 e. The zero-order valence-electron chi connectivity index (χ0n) is 18.5. The molecule has 1 atom stereocenters. The van der Waals surface area contributed by atoms with Gasteiger partial charge >= 0.3 is 0 Å². The second kappa shape index (κ2) is 8.54. The fourth-order valence-corrected chi connectivity index (χ4v) is 6.63. The molecule has 2 heterocycles. The summed E-state index contributed by atoms with van der Waals surface area (Å²) in [5, 5.41) is 0. The van der Waals surface area contributed by atoms with Gasteiger partial charge in [-0.15, -0.1) is 0 Å². The van der Waals surface area contributed by atoms with E-state index in [1.807, 2.05) is 11.8 Å². The Hall–Kier alpha value is -2.54. The Balaban J connectivity index is 1.42. The summed E-state index contributed by atoms with van der Waals surface area (Å²) in [6.45, 7) is 9.19. The minimum atomic E-state index is -3.26. The summed E-state index contributed by atoms with van der Waals surface area (Å²) in [6, 6.07) is 13.5. The lowest BCUT2D eigenvalue weighted by Gasteiger charge is -2.37. The SMILES string of the molecule is CC[C@@H]1CCS(=O)(=O)N1c1ccc(C(=O)N2CCN(c3ccc(C)cc3C)CC2)cc1. The molecule has 6 nitrogen and oxygen atoms in total. The number of hydrogen-bond donors (Lipinski definition) is 0. The van der Waals surface area contributed by atoms with Crippen molar-refractivity contribution in [3.8, 4) is 0 Å². The number of sulfonamides is 1. The molecule has 0 radical (unpaired) electrons. The van der Waals surface area contributed by atoms with E-state index in [-0.39, 0.29) is 17.7 Å². The van der Waals surface area contributed by atoms with E-state index >= 15 is 0 Å². The fourth-order valence-electron chi connectivity index (χ4n) is 4.71. The zero-order chi connectivity index (χ0) is 22.2. The van der Waals surface area contributed by atoms with Gasteiger partial charge in [0.2, 0.25) is 10.0 Å². The van der Waals surface area contributed by atoms with Gasteiger partial charge in [-0.25, -0.2) is 8.42 Å². The van der Waals surface area contributed by atoms with Gasteiger partial charge in [-0.3, -0.25) is 9.10 Å². The van der Waals surface area contributed by atoms with Crippen molar-refractivity contribution in [2.75, 3.05) is 41.1 Å². The van der Waals surface area contributed by atoms with E-state index in [0.29, 0.717) is 30.8 Å². The Morgan fingerprint density at radius 2 is 1.68 bits per heavy atom. The number of piperazine rings is 1. The molecule has 4 rings (SSSR count). The number of amides is 1. The molecule has 0 unspecified atom stereocenters. The molecule has 166 valence electrons. The average molecular weight is 442 g/mol. The molecule has 2 aromatic rings. The summed E-state index contributed by atoms with van der Waals surface area (Å²) in [6.07, 6.45) is 1.44. The highest BCUT2D eigenvalue weighted by molar-refractivity contribution is 7.93. The van der Waals surface area contributed by atoms with E-state index < -0.39 is 10.0 Å². The topological polar surface area (TPSA) is 60.9 Å². The molecule has 2 aliphatic rings. The number of rotatable bonds is 4. The summed E-state index contributed by atoms with van der Waals surface area (Å²) in [5.41, 5.74) is 5.01. The van der Waals surface area contributed by atoms with E-state index in [0.717, 1.165) is 19.5 Å². The molecule has 0 bridgehead atoms. The molecule has 0 aliphatic carbocycles. The van der Waals surface area contributed by atoms with Crippen molar-refractivity contribution in [3.63, 3.8) is 0 Å². The van der Waals surface area contributed by atoms with E-state index in [2.05, 4.69) is 36.9 Å². The molecule has 0 spiro atoms. The Morgan fingerprint density at radius 3 is 2.29 bits per heavy atom. The van der Waals surface area contributed by atoms with Crippen LogP contribution >= 0.6 is 0 Å². The molecule has 1 amide bonds. The van der Waals surface area contributed by atoms with Crippen molar-refractivity contribution in [1.29, 1.82) is 0 Å². The van der Waals surface area contributed by atoms with Crippen molar-refractivity contribution in [2.45, 2.75) is 39.7 Å². The molecule has 0 saturated carbocycles. The van der Waals surface area contributed by atoms with Crippen LogP contribution in [0, 0.1) is 13.8 Å². The molecule has 7 heteroatoms. The van der Waals surface area contributed by atoms with Gasteiger partial charge < -0.3 is 9.80 Å². The first kappa shape index (κ1) is 21.7. The van der Waals surface area contributed by atoms with Gasteiger partial charge in [-0.1, -0.05) is 24.6 Å². The first-order chi connectivity index (χ1) is 14.8. The number of hydrogen-bond acceptors (Lipinski definition) is 4. The van der Waals surface area contributed by atoms with Gasteiger partial charge in [0, 0.05) is 43.5 Å². The van der Waals surface area contributed by atoms with E-state index in [4.69, 9.17) is 0 Å². The molecule has 0 N–H and O–H groups in total. The van der Waals surface area contributed by atoms with Crippen molar-refractivity contribution < 1.29 is 13.2 Å². The number of aryl methyl sites for hydroxylation is 2. The number of anilines is 2. The van der Waals surface area contributed by atoms with E-state index in [9.17, 15) is 13.2 Å². The first-order valence-corrected chi connectivity index (χ1v) is 12.6. The first-order valence-electron chi connectivity index (χ1n) is 11.0. The van der Waals surface area contributed by atoms with Gasteiger partial charge in [0.15, 0.2) is 0 Å². The van der Waals surface area contributed by atoms with Crippen LogP contribution in [0.5, 0.6) is 0 Å². The quantitative estimate of drug-likeness (QED) is 0.728. The van der Waals surface area contributed by atoms with Gasteiger partial charge in [-0.05, 0) is 62.6 Å². The monoisotopic (exact) mass is 441 g/mol. The Morgan fingerprint density at radius 1 is 1.00 bits per heavy atom. The van der Waals surface area contributed by atoms with Crippen molar-refractivity contribution in [2.24, 2.45) is 0 Å². The van der Waals surface area contributed by atoms with Crippen LogP contribution in [0.2, 0.25) is 0 Å². The number of carbonyl (C=O) groups is 1. The van der Waals surface area contributed by atoms with Crippen LogP contribution in [0.25, 0.3) is 0 Å². The predicted octanol–water partition coefficient (Wildman–Crippen LogP) is 3.58. The highest BCUT2D eigenvalue weighted by atomic mass is 32.2. The lowest BCUT2D eigenvalue weighted by molar-refractivity contribution is 0.0747. The van der Waals surface area contributed by atoms with Crippen molar-refractivity contribution in [3.05, 3.63) is 59.2 Å². The van der Waals surface area contributed by atoms with Crippen molar-refractivity contribution in [1.82, 2.24) is 4.90 Å². The third kappa shape index (κ3) is 4.28. The number of benzene rings is 2. The van der Waals surface area contributed by atoms with Crippen LogP contribution in [0.4, 0.5) is 11.4 Å². The minimum Gasteiger partial charge on any atom is -0.368 e. The fraction of sp³-hybridized carbons (Fsp3) is 0.458. The van der Waals surface area contributed by atoms with Crippen LogP contribution in [0.15, 0.2) is 42.5 Å². The summed E-state index contributed by atoms with van der Waals surface area (Å²) in [5.74, 6) is 0.194. The largest absolute Gasteiger partial charge is 0.368 e. The summed E-state index contributed by atoms with van der Waals surface area (Å²) in [7, 11) is -3.26. The second-order valence-electron chi connectivity index (χ2n) is 8.58. The maximum absolute atomic E-state index is 13.0. The summed E-state index contributed by atoms with van der Waals surface area (Å²) >= 11 is 0. The second-order valence-corrected chi connectivity index (χ2v) is 10.5. The highest BCUT2D eigenvalue weighted by Crippen LogP contribution is 2.31.